The Hall–Kier alpha value is -1.14. The normalized spacial score (nSPS) is 24.6. The third-order valence-electron chi connectivity index (χ3n) is 2.79. The van der Waals surface area contributed by atoms with Crippen LogP contribution in [-0.4, -0.2) is 18.6 Å². The lowest BCUT2D eigenvalue weighted by molar-refractivity contribution is -0.145. The summed E-state index contributed by atoms with van der Waals surface area (Å²) >= 11 is 0. The highest BCUT2D eigenvalue weighted by Crippen LogP contribution is 2.43. The lowest BCUT2D eigenvalue weighted by Gasteiger charge is -2.42. The van der Waals surface area contributed by atoms with Gasteiger partial charge in [-0.1, -0.05) is 25.1 Å². The molecule has 0 N–H and O–H groups in total. The molecule has 17 heavy (non-hydrogen) atoms. The van der Waals surface area contributed by atoms with Gasteiger partial charge in [-0.2, -0.15) is 8.42 Å². The van der Waals surface area contributed by atoms with E-state index in [1.165, 1.54) is 25.1 Å². The molecular formula is C10H9ClFNO3S. The second kappa shape index (κ2) is 3.96. The van der Waals surface area contributed by atoms with Gasteiger partial charge in [0.1, 0.15) is 5.82 Å². The van der Waals surface area contributed by atoms with Crippen LogP contribution in [0.1, 0.15) is 18.5 Å². The summed E-state index contributed by atoms with van der Waals surface area (Å²) in [6.45, 7) is 1.54. The van der Waals surface area contributed by atoms with Crippen molar-refractivity contribution in [1.29, 1.82) is 0 Å². The van der Waals surface area contributed by atoms with Crippen LogP contribution in [0.3, 0.4) is 0 Å². The fraction of sp³-hybridized carbons (Fsp3) is 0.300. The van der Waals surface area contributed by atoms with Gasteiger partial charge in [-0.05, 0) is 6.07 Å². The zero-order valence-electron chi connectivity index (χ0n) is 8.80. The van der Waals surface area contributed by atoms with Gasteiger partial charge in [0.25, 0.3) is 0 Å². The van der Waals surface area contributed by atoms with Crippen LogP contribution in [0.5, 0.6) is 0 Å². The molecule has 1 fully saturated rings. The Morgan fingerprint density at radius 1 is 1.35 bits per heavy atom. The van der Waals surface area contributed by atoms with Crippen molar-refractivity contribution in [2.24, 2.45) is 5.92 Å². The molecule has 1 aromatic carbocycles. The molecule has 2 rings (SSSR count). The van der Waals surface area contributed by atoms with Crippen LogP contribution in [-0.2, 0) is 14.0 Å². The minimum absolute atomic E-state index is 0.156. The molecule has 0 spiro atoms. The van der Waals surface area contributed by atoms with E-state index in [4.69, 9.17) is 10.7 Å². The number of halogens is 2. The van der Waals surface area contributed by atoms with Crippen molar-refractivity contribution in [2.75, 3.05) is 0 Å². The summed E-state index contributed by atoms with van der Waals surface area (Å²) in [7, 11) is 0.974. The quantitative estimate of drug-likeness (QED) is 0.612. The van der Waals surface area contributed by atoms with Crippen molar-refractivity contribution in [2.45, 2.75) is 13.0 Å². The molecule has 92 valence electrons. The smallest absolute Gasteiger partial charge is 0.273 e. The first-order valence-electron chi connectivity index (χ1n) is 4.86. The van der Waals surface area contributed by atoms with E-state index in [2.05, 4.69) is 0 Å². The highest BCUT2D eigenvalue weighted by Gasteiger charge is 2.51. The molecule has 0 saturated carbocycles. The number of hydrogen-bond acceptors (Lipinski definition) is 3. The average molecular weight is 278 g/mol. The van der Waals surface area contributed by atoms with Crippen LogP contribution in [0, 0.1) is 11.7 Å². The van der Waals surface area contributed by atoms with Gasteiger partial charge in [-0.3, -0.25) is 4.79 Å². The molecular weight excluding hydrogens is 269 g/mol. The van der Waals surface area contributed by atoms with Crippen LogP contribution in [0.4, 0.5) is 4.39 Å². The summed E-state index contributed by atoms with van der Waals surface area (Å²) < 4.78 is 36.5. The lowest BCUT2D eigenvalue weighted by atomic mass is 9.86. The first-order chi connectivity index (χ1) is 7.84. The Morgan fingerprint density at radius 2 is 1.94 bits per heavy atom. The standard InChI is InChI=1S/C10H9ClFNO3S/c1-6-9(7-4-2-3-5-8(7)12)13(10(6)14)17(11,15)16/h2-6,9H,1H3. The monoisotopic (exact) mass is 277 g/mol. The molecule has 1 heterocycles. The van der Waals surface area contributed by atoms with Gasteiger partial charge in [-0.15, -0.1) is 0 Å². The summed E-state index contributed by atoms with van der Waals surface area (Å²) in [6.07, 6.45) is 0. The van der Waals surface area contributed by atoms with E-state index in [-0.39, 0.29) is 5.56 Å². The van der Waals surface area contributed by atoms with Crippen molar-refractivity contribution in [3.8, 4) is 0 Å². The summed E-state index contributed by atoms with van der Waals surface area (Å²) in [4.78, 5) is 11.4. The average Bonchev–Trinajstić information content (AvgIpc) is 2.24. The fourth-order valence-electron chi connectivity index (χ4n) is 1.95. The van der Waals surface area contributed by atoms with E-state index >= 15 is 0 Å². The van der Waals surface area contributed by atoms with Gasteiger partial charge in [0.15, 0.2) is 0 Å². The second-order valence-electron chi connectivity index (χ2n) is 3.83. The lowest BCUT2D eigenvalue weighted by Crippen LogP contribution is -2.55. The van der Waals surface area contributed by atoms with Crippen LogP contribution in [0.15, 0.2) is 24.3 Å². The molecule has 1 aromatic rings. The van der Waals surface area contributed by atoms with Crippen LogP contribution in [0.2, 0.25) is 0 Å². The molecule has 1 aliphatic rings. The zero-order chi connectivity index (χ0) is 12.8. The summed E-state index contributed by atoms with van der Waals surface area (Å²) in [5, 5.41) is 0. The number of β-lactam (4-membered cyclic amide) rings is 1. The minimum Gasteiger partial charge on any atom is -0.273 e. The molecule has 1 saturated heterocycles. The Balaban J connectivity index is 2.46. The van der Waals surface area contributed by atoms with Gasteiger partial charge in [0, 0.05) is 16.2 Å². The second-order valence-corrected chi connectivity index (χ2v) is 6.22. The highest BCUT2D eigenvalue weighted by atomic mass is 35.7. The Labute approximate surface area is 103 Å². The maximum atomic E-state index is 13.5. The maximum absolute atomic E-state index is 13.5. The van der Waals surface area contributed by atoms with Crippen molar-refractivity contribution in [1.82, 2.24) is 4.31 Å². The maximum Gasteiger partial charge on any atom is 0.324 e. The largest absolute Gasteiger partial charge is 0.324 e. The third-order valence-corrected chi connectivity index (χ3v) is 4.11. The summed E-state index contributed by atoms with van der Waals surface area (Å²) in [6, 6.07) is 4.87. The topological polar surface area (TPSA) is 54.5 Å². The van der Waals surface area contributed by atoms with Gasteiger partial charge in [0.05, 0.1) is 12.0 Å². The molecule has 2 unspecified atom stereocenters. The number of hydrogen-bond donors (Lipinski definition) is 0. The van der Waals surface area contributed by atoms with Crippen LogP contribution >= 0.6 is 10.7 Å². The third kappa shape index (κ3) is 1.91. The van der Waals surface area contributed by atoms with E-state index < -0.39 is 32.9 Å². The van der Waals surface area contributed by atoms with Crippen molar-refractivity contribution in [3.63, 3.8) is 0 Å². The van der Waals surface area contributed by atoms with E-state index in [9.17, 15) is 17.6 Å². The molecule has 1 amide bonds. The molecule has 0 radical (unpaired) electrons. The van der Waals surface area contributed by atoms with Crippen LogP contribution < -0.4 is 0 Å². The van der Waals surface area contributed by atoms with Gasteiger partial charge in [-0.25, -0.2) is 8.70 Å². The Morgan fingerprint density at radius 3 is 2.47 bits per heavy atom. The van der Waals surface area contributed by atoms with Crippen LogP contribution in [0.25, 0.3) is 0 Å². The summed E-state index contributed by atoms with van der Waals surface area (Å²) in [5.74, 6) is -1.77. The van der Waals surface area contributed by atoms with E-state index in [0.717, 1.165) is 0 Å². The predicted octanol–water partition coefficient (Wildman–Crippen LogP) is 1.83. The SMILES string of the molecule is CC1C(=O)N(S(=O)(=O)Cl)C1c1ccccc1F. The number of amides is 1. The van der Waals surface area contributed by atoms with Crippen molar-refractivity contribution in [3.05, 3.63) is 35.6 Å². The molecule has 7 heteroatoms. The number of benzene rings is 1. The van der Waals surface area contributed by atoms with Crippen molar-refractivity contribution < 1.29 is 17.6 Å². The highest BCUT2D eigenvalue weighted by molar-refractivity contribution is 8.12. The minimum atomic E-state index is -4.17. The molecule has 1 aliphatic heterocycles. The van der Waals surface area contributed by atoms with E-state index in [0.29, 0.717) is 4.31 Å². The van der Waals surface area contributed by atoms with Gasteiger partial charge in [0.2, 0.25) is 5.91 Å². The van der Waals surface area contributed by atoms with E-state index in [1.54, 1.807) is 6.07 Å². The summed E-state index contributed by atoms with van der Waals surface area (Å²) in [5.41, 5.74) is 0.156. The Kier molecular flexibility index (Phi) is 2.87. The predicted molar refractivity (Wildman–Crippen MR) is 59.9 cm³/mol. The molecule has 0 bridgehead atoms. The number of carbonyl (C=O) groups excluding carboxylic acids is 1. The molecule has 2 atom stereocenters. The molecule has 4 nitrogen and oxygen atoms in total. The first kappa shape index (κ1) is 12.3. The fourth-order valence-corrected chi connectivity index (χ4v) is 3.36. The molecule has 0 aromatic heterocycles. The first-order valence-corrected chi connectivity index (χ1v) is 7.13. The van der Waals surface area contributed by atoms with E-state index in [1.807, 2.05) is 0 Å². The number of nitrogens with zero attached hydrogens (tertiary/aromatic N) is 1. The number of rotatable bonds is 2. The molecule has 0 aliphatic carbocycles. The Bertz CT molecular complexity index is 575. The van der Waals surface area contributed by atoms with Crippen molar-refractivity contribution >= 4 is 25.8 Å². The number of carbonyl (C=O) groups is 1. The zero-order valence-corrected chi connectivity index (χ0v) is 10.4. The van der Waals surface area contributed by atoms with Gasteiger partial charge >= 0.3 is 9.24 Å². The van der Waals surface area contributed by atoms with Gasteiger partial charge < -0.3 is 0 Å².